The van der Waals surface area contributed by atoms with Crippen molar-refractivity contribution in [2.24, 2.45) is 0 Å². The van der Waals surface area contributed by atoms with E-state index in [2.05, 4.69) is 15.3 Å². The van der Waals surface area contributed by atoms with Crippen molar-refractivity contribution in [3.05, 3.63) is 52.6 Å². The van der Waals surface area contributed by atoms with Crippen molar-refractivity contribution in [2.75, 3.05) is 7.11 Å². The molecule has 98 valence electrons. The number of amides is 1. The molecule has 19 heavy (non-hydrogen) atoms. The Morgan fingerprint density at radius 1 is 1.53 bits per heavy atom. The Hall–Kier alpha value is -2.74. The molecule has 0 radical (unpaired) electrons. The van der Waals surface area contributed by atoms with Crippen molar-refractivity contribution in [3.63, 3.8) is 0 Å². The Morgan fingerprint density at radius 2 is 2.32 bits per heavy atom. The van der Waals surface area contributed by atoms with Crippen LogP contribution in [0.1, 0.15) is 10.4 Å². The van der Waals surface area contributed by atoms with E-state index in [1.807, 2.05) is 0 Å². The summed E-state index contributed by atoms with van der Waals surface area (Å²) >= 11 is 0. The number of rotatable bonds is 4. The van der Waals surface area contributed by atoms with E-state index in [1.165, 1.54) is 42.4 Å². The van der Waals surface area contributed by atoms with Gasteiger partial charge in [-0.2, -0.15) is 0 Å². The lowest BCUT2D eigenvalue weighted by Gasteiger charge is -2.06. The summed E-state index contributed by atoms with van der Waals surface area (Å²) in [6, 6.07) is 4.13. The van der Waals surface area contributed by atoms with Gasteiger partial charge in [0.25, 0.3) is 11.6 Å². The van der Waals surface area contributed by atoms with Crippen molar-refractivity contribution in [2.45, 2.75) is 0 Å². The maximum absolute atomic E-state index is 11.5. The number of imidazole rings is 1. The van der Waals surface area contributed by atoms with Crippen molar-refractivity contribution in [3.8, 4) is 5.69 Å². The standard InChI is InChI=1S/C11H10N4O4/c1-19-13-11(16)8-2-3-9(10(6-8)15(17)18)14-5-4-12-7-14/h2-7H,1H3,(H,13,16). The largest absolute Gasteiger partial charge is 0.300 e. The maximum Gasteiger partial charge on any atom is 0.294 e. The van der Waals surface area contributed by atoms with E-state index in [0.717, 1.165) is 0 Å². The van der Waals surface area contributed by atoms with Crippen molar-refractivity contribution in [1.29, 1.82) is 0 Å². The van der Waals surface area contributed by atoms with E-state index >= 15 is 0 Å². The van der Waals surface area contributed by atoms with E-state index in [0.29, 0.717) is 5.69 Å². The number of nitro benzene ring substituents is 1. The molecule has 0 spiro atoms. The van der Waals surface area contributed by atoms with Crippen LogP contribution in [0.25, 0.3) is 5.69 Å². The molecular formula is C11H10N4O4. The highest BCUT2D eigenvalue weighted by Gasteiger charge is 2.18. The van der Waals surface area contributed by atoms with Crippen LogP contribution in [-0.2, 0) is 4.84 Å². The zero-order valence-corrected chi connectivity index (χ0v) is 9.94. The monoisotopic (exact) mass is 262 g/mol. The predicted molar refractivity (Wildman–Crippen MR) is 64.7 cm³/mol. The second-order valence-corrected chi connectivity index (χ2v) is 3.57. The predicted octanol–water partition coefficient (Wildman–Crippen LogP) is 1.07. The molecule has 0 saturated carbocycles. The molecule has 0 unspecified atom stereocenters. The second-order valence-electron chi connectivity index (χ2n) is 3.57. The highest BCUT2D eigenvalue weighted by molar-refractivity contribution is 5.94. The molecule has 8 heteroatoms. The van der Waals surface area contributed by atoms with E-state index in [9.17, 15) is 14.9 Å². The molecule has 8 nitrogen and oxygen atoms in total. The van der Waals surface area contributed by atoms with E-state index in [4.69, 9.17) is 0 Å². The Bertz CT molecular complexity index is 609. The van der Waals surface area contributed by atoms with Gasteiger partial charge in [0.1, 0.15) is 5.69 Å². The lowest BCUT2D eigenvalue weighted by molar-refractivity contribution is -0.384. The summed E-state index contributed by atoms with van der Waals surface area (Å²) in [7, 11) is 1.28. The van der Waals surface area contributed by atoms with Gasteiger partial charge in [0.2, 0.25) is 0 Å². The molecule has 0 aliphatic carbocycles. The molecule has 1 aromatic heterocycles. The number of carbonyl (C=O) groups excluding carboxylic acids is 1. The van der Waals surface area contributed by atoms with Gasteiger partial charge in [-0.15, -0.1) is 0 Å². The van der Waals surface area contributed by atoms with E-state index in [-0.39, 0.29) is 11.3 Å². The third-order valence-electron chi connectivity index (χ3n) is 2.41. The summed E-state index contributed by atoms with van der Waals surface area (Å²) in [5.74, 6) is -0.553. The molecule has 1 amide bonds. The molecule has 1 aromatic carbocycles. The van der Waals surface area contributed by atoms with E-state index in [1.54, 1.807) is 6.20 Å². The molecule has 0 fully saturated rings. The number of hydrogen-bond acceptors (Lipinski definition) is 5. The van der Waals surface area contributed by atoms with Crippen molar-refractivity contribution >= 4 is 11.6 Å². The molecule has 0 bridgehead atoms. The first kappa shape index (κ1) is 12.7. The average molecular weight is 262 g/mol. The van der Waals surface area contributed by atoms with Crippen LogP contribution in [0.4, 0.5) is 5.69 Å². The van der Waals surface area contributed by atoms with E-state index < -0.39 is 10.8 Å². The molecule has 0 saturated heterocycles. The highest BCUT2D eigenvalue weighted by Crippen LogP contribution is 2.24. The fourth-order valence-corrected chi connectivity index (χ4v) is 1.58. The molecule has 2 aromatic rings. The van der Waals surface area contributed by atoms with Gasteiger partial charge in [-0.3, -0.25) is 19.7 Å². The van der Waals surface area contributed by atoms with Crippen LogP contribution in [0.2, 0.25) is 0 Å². The summed E-state index contributed by atoms with van der Waals surface area (Å²) in [5, 5.41) is 11.1. The number of nitro groups is 1. The second kappa shape index (κ2) is 5.27. The van der Waals surface area contributed by atoms with Gasteiger partial charge in [0.15, 0.2) is 0 Å². The smallest absolute Gasteiger partial charge is 0.294 e. The Labute approximate surface area is 107 Å². The molecule has 2 rings (SSSR count). The third-order valence-corrected chi connectivity index (χ3v) is 2.41. The lowest BCUT2D eigenvalue weighted by Crippen LogP contribution is -2.21. The lowest BCUT2D eigenvalue weighted by atomic mass is 10.1. The number of aromatic nitrogens is 2. The quantitative estimate of drug-likeness (QED) is 0.656. The third kappa shape index (κ3) is 2.58. The van der Waals surface area contributed by atoms with Gasteiger partial charge in [-0.25, -0.2) is 10.5 Å². The first-order chi connectivity index (χ1) is 9.13. The van der Waals surface area contributed by atoms with Crippen molar-refractivity contribution in [1.82, 2.24) is 15.0 Å². The van der Waals surface area contributed by atoms with Gasteiger partial charge >= 0.3 is 0 Å². The molecule has 1 N–H and O–H groups in total. The Morgan fingerprint density at radius 3 is 2.89 bits per heavy atom. The van der Waals surface area contributed by atoms with Crippen LogP contribution in [0.15, 0.2) is 36.9 Å². The zero-order valence-electron chi connectivity index (χ0n) is 9.94. The molecule has 0 aliphatic rings. The van der Waals surface area contributed by atoms with Crippen LogP contribution in [0.3, 0.4) is 0 Å². The van der Waals surface area contributed by atoms with Crippen LogP contribution in [0.5, 0.6) is 0 Å². The fraction of sp³-hybridized carbons (Fsp3) is 0.0909. The summed E-state index contributed by atoms with van der Waals surface area (Å²) in [4.78, 5) is 30.3. The van der Waals surface area contributed by atoms with Gasteiger partial charge in [0, 0.05) is 24.0 Å². The topological polar surface area (TPSA) is 99.3 Å². The summed E-state index contributed by atoms with van der Waals surface area (Å²) in [6.45, 7) is 0. The van der Waals surface area contributed by atoms with Gasteiger partial charge < -0.3 is 4.57 Å². The minimum absolute atomic E-state index is 0.136. The van der Waals surface area contributed by atoms with Gasteiger partial charge in [-0.1, -0.05) is 0 Å². The first-order valence-electron chi connectivity index (χ1n) is 5.23. The Kier molecular flexibility index (Phi) is 3.53. The molecule has 0 aliphatic heterocycles. The van der Waals surface area contributed by atoms with Crippen LogP contribution in [-0.4, -0.2) is 27.5 Å². The normalized spacial score (nSPS) is 10.2. The number of carbonyl (C=O) groups is 1. The van der Waals surface area contributed by atoms with Gasteiger partial charge in [0.05, 0.1) is 18.4 Å². The maximum atomic E-state index is 11.5. The molecule has 1 heterocycles. The summed E-state index contributed by atoms with van der Waals surface area (Å²) in [5.41, 5.74) is 2.38. The Balaban J connectivity index is 2.47. The minimum Gasteiger partial charge on any atom is -0.300 e. The number of hydrogen-bond donors (Lipinski definition) is 1. The van der Waals surface area contributed by atoms with Crippen LogP contribution in [0, 0.1) is 10.1 Å². The number of hydroxylamine groups is 1. The van der Waals surface area contributed by atoms with Crippen LogP contribution < -0.4 is 5.48 Å². The SMILES string of the molecule is CONC(=O)c1ccc(-n2ccnc2)c([N+](=O)[O-])c1. The highest BCUT2D eigenvalue weighted by atomic mass is 16.6. The fourth-order valence-electron chi connectivity index (χ4n) is 1.58. The first-order valence-corrected chi connectivity index (χ1v) is 5.23. The zero-order chi connectivity index (χ0) is 13.8. The number of benzene rings is 1. The summed E-state index contributed by atoms with van der Waals surface area (Å²) in [6.07, 6.45) is 4.53. The van der Waals surface area contributed by atoms with Crippen LogP contribution >= 0.6 is 0 Å². The minimum atomic E-state index is -0.557. The average Bonchev–Trinajstić information content (AvgIpc) is 2.92. The van der Waals surface area contributed by atoms with Crippen molar-refractivity contribution < 1.29 is 14.6 Å². The number of nitrogens with one attached hydrogen (secondary N) is 1. The molecule has 0 atom stereocenters. The summed E-state index contributed by atoms with van der Waals surface area (Å²) < 4.78 is 1.50. The number of nitrogens with zero attached hydrogens (tertiary/aromatic N) is 3. The molecular weight excluding hydrogens is 252 g/mol. The van der Waals surface area contributed by atoms with Gasteiger partial charge in [-0.05, 0) is 12.1 Å².